The van der Waals surface area contributed by atoms with Gasteiger partial charge in [0.05, 0.1) is 25.7 Å². The summed E-state index contributed by atoms with van der Waals surface area (Å²) in [5.41, 5.74) is 1.76. The summed E-state index contributed by atoms with van der Waals surface area (Å²) in [6.45, 7) is 1.76. The summed E-state index contributed by atoms with van der Waals surface area (Å²) in [5, 5.41) is 3.46. The van der Waals surface area contributed by atoms with Crippen molar-refractivity contribution in [3.05, 3.63) is 53.1 Å². The normalized spacial score (nSPS) is 16.1. The van der Waals surface area contributed by atoms with Crippen LogP contribution in [0.4, 0.5) is 0 Å². The SMILES string of the molecule is COC(=O)[C@H](CCSC)NC(=O)CN(Cc1ccccc1Cl)C[C@@H]1CCCN1C(=O)CCc1c[nH]cn1. The summed E-state index contributed by atoms with van der Waals surface area (Å²) < 4.78 is 4.88. The van der Waals surface area contributed by atoms with Crippen molar-refractivity contribution in [3.63, 3.8) is 0 Å². The number of aromatic amines is 1. The molecular formula is C26H36ClN5O4S. The van der Waals surface area contributed by atoms with Crippen LogP contribution in [0.2, 0.25) is 5.02 Å². The number of halogens is 1. The zero-order valence-electron chi connectivity index (χ0n) is 21.5. The van der Waals surface area contributed by atoms with E-state index in [4.69, 9.17) is 16.3 Å². The van der Waals surface area contributed by atoms with Crippen molar-refractivity contribution in [1.29, 1.82) is 0 Å². The zero-order valence-corrected chi connectivity index (χ0v) is 23.0. The highest BCUT2D eigenvalue weighted by molar-refractivity contribution is 7.98. The van der Waals surface area contributed by atoms with Crippen LogP contribution in [0, 0.1) is 0 Å². The van der Waals surface area contributed by atoms with E-state index in [9.17, 15) is 14.4 Å². The molecule has 0 bridgehead atoms. The number of nitrogens with one attached hydrogen (secondary N) is 2. The summed E-state index contributed by atoms with van der Waals surface area (Å²) >= 11 is 8.03. The van der Waals surface area contributed by atoms with Crippen LogP contribution in [-0.4, -0.2) is 88.4 Å². The molecule has 0 aliphatic carbocycles. The van der Waals surface area contributed by atoms with E-state index in [1.54, 1.807) is 24.3 Å². The van der Waals surface area contributed by atoms with E-state index in [1.807, 2.05) is 40.3 Å². The number of benzene rings is 1. The van der Waals surface area contributed by atoms with E-state index in [2.05, 4.69) is 15.3 Å². The third kappa shape index (κ3) is 9.05. The average molecular weight is 550 g/mol. The minimum atomic E-state index is -0.696. The number of esters is 1. The first-order valence-electron chi connectivity index (χ1n) is 12.5. The van der Waals surface area contributed by atoms with Crippen molar-refractivity contribution >= 4 is 41.1 Å². The molecule has 202 valence electrons. The quantitative estimate of drug-likeness (QED) is 0.349. The Labute approximate surface area is 227 Å². The van der Waals surface area contributed by atoms with E-state index >= 15 is 0 Å². The van der Waals surface area contributed by atoms with Crippen LogP contribution in [0.25, 0.3) is 0 Å². The molecule has 0 unspecified atom stereocenters. The lowest BCUT2D eigenvalue weighted by atomic mass is 10.1. The monoisotopic (exact) mass is 549 g/mol. The van der Waals surface area contributed by atoms with Gasteiger partial charge in [0.2, 0.25) is 11.8 Å². The molecule has 2 amide bonds. The van der Waals surface area contributed by atoms with Gasteiger partial charge >= 0.3 is 5.97 Å². The Balaban J connectivity index is 1.68. The van der Waals surface area contributed by atoms with Gasteiger partial charge in [0, 0.05) is 43.3 Å². The summed E-state index contributed by atoms with van der Waals surface area (Å²) in [4.78, 5) is 49.3. The Morgan fingerprint density at radius 3 is 2.86 bits per heavy atom. The van der Waals surface area contributed by atoms with Crippen LogP contribution in [0.15, 0.2) is 36.8 Å². The summed E-state index contributed by atoms with van der Waals surface area (Å²) in [5.74, 6) is 0.0961. The summed E-state index contributed by atoms with van der Waals surface area (Å²) in [7, 11) is 1.32. The maximum absolute atomic E-state index is 13.1. The Kier molecular flexibility index (Phi) is 11.8. The molecular weight excluding hydrogens is 514 g/mol. The van der Waals surface area contributed by atoms with Gasteiger partial charge in [0.1, 0.15) is 6.04 Å². The second-order valence-electron chi connectivity index (χ2n) is 9.13. The maximum Gasteiger partial charge on any atom is 0.328 e. The number of nitrogens with zero attached hydrogens (tertiary/aromatic N) is 3. The topological polar surface area (TPSA) is 108 Å². The van der Waals surface area contributed by atoms with Gasteiger partial charge < -0.3 is 19.9 Å². The molecule has 1 aliphatic rings. The Morgan fingerprint density at radius 1 is 1.35 bits per heavy atom. The van der Waals surface area contributed by atoms with Crippen LogP contribution in [0.1, 0.15) is 36.9 Å². The fraction of sp³-hybridized carbons (Fsp3) is 0.538. The van der Waals surface area contributed by atoms with Gasteiger partial charge in [0.25, 0.3) is 0 Å². The number of hydrogen-bond acceptors (Lipinski definition) is 7. The Bertz CT molecular complexity index is 1020. The first-order chi connectivity index (χ1) is 17.9. The molecule has 0 saturated carbocycles. The van der Waals surface area contributed by atoms with Gasteiger partial charge in [-0.25, -0.2) is 9.78 Å². The molecule has 0 spiro atoms. The number of aromatic nitrogens is 2. The third-order valence-electron chi connectivity index (χ3n) is 6.47. The van der Waals surface area contributed by atoms with Crippen molar-refractivity contribution < 1.29 is 19.1 Å². The first kappa shape index (κ1) is 29.0. The summed E-state index contributed by atoms with van der Waals surface area (Å²) in [6, 6.07) is 6.84. The number of carbonyl (C=O) groups is 3. The van der Waals surface area contributed by atoms with Crippen LogP contribution in [0.5, 0.6) is 0 Å². The molecule has 1 saturated heterocycles. The molecule has 37 heavy (non-hydrogen) atoms. The van der Waals surface area contributed by atoms with Crippen LogP contribution < -0.4 is 5.32 Å². The molecule has 1 aromatic carbocycles. The number of carbonyl (C=O) groups excluding carboxylic acids is 3. The zero-order chi connectivity index (χ0) is 26.6. The van der Waals surface area contributed by atoms with Crippen molar-refractivity contribution in [2.24, 2.45) is 0 Å². The molecule has 3 rings (SSSR count). The highest BCUT2D eigenvalue weighted by Gasteiger charge is 2.31. The number of amides is 2. The number of aryl methyl sites for hydroxylation is 1. The van der Waals surface area contributed by atoms with Gasteiger partial charge in [-0.2, -0.15) is 11.8 Å². The molecule has 1 aromatic heterocycles. The number of ether oxygens (including phenoxy) is 1. The highest BCUT2D eigenvalue weighted by Crippen LogP contribution is 2.22. The standard InChI is InChI=1S/C26H36ClN5O4S/c1-36-26(35)23(11-13-37-2)30-24(33)17-31(15-19-6-3-4-8-22(19)27)16-21-7-5-12-32(21)25(34)10-9-20-14-28-18-29-20/h3-4,6,8,14,18,21,23H,5,7,9-13,15-17H2,1-2H3,(H,28,29)(H,30,33)/t21-,23-/m0/s1. The molecule has 11 heteroatoms. The largest absolute Gasteiger partial charge is 0.467 e. The molecule has 1 fully saturated rings. The van der Waals surface area contributed by atoms with Gasteiger partial charge in [-0.15, -0.1) is 0 Å². The molecule has 0 radical (unpaired) electrons. The Morgan fingerprint density at radius 2 is 2.16 bits per heavy atom. The van der Waals surface area contributed by atoms with Gasteiger partial charge in [0.15, 0.2) is 0 Å². The van der Waals surface area contributed by atoms with Crippen molar-refractivity contribution in [2.45, 2.75) is 50.7 Å². The number of hydrogen-bond donors (Lipinski definition) is 2. The highest BCUT2D eigenvalue weighted by atomic mass is 35.5. The van der Waals surface area contributed by atoms with Crippen molar-refractivity contribution in [1.82, 2.24) is 25.1 Å². The second kappa shape index (κ2) is 15.0. The lowest BCUT2D eigenvalue weighted by Crippen LogP contribution is -2.49. The fourth-order valence-electron chi connectivity index (χ4n) is 4.58. The number of methoxy groups -OCH3 is 1. The van der Waals surface area contributed by atoms with Crippen LogP contribution in [0.3, 0.4) is 0 Å². The molecule has 2 aromatic rings. The number of H-pyrrole nitrogens is 1. The van der Waals surface area contributed by atoms with E-state index < -0.39 is 12.0 Å². The summed E-state index contributed by atoms with van der Waals surface area (Å²) in [6.07, 6.45) is 8.62. The maximum atomic E-state index is 13.1. The molecule has 2 atom stereocenters. The molecule has 2 N–H and O–H groups in total. The van der Waals surface area contributed by atoms with Gasteiger partial charge in [-0.1, -0.05) is 29.8 Å². The third-order valence-corrected chi connectivity index (χ3v) is 7.48. The van der Waals surface area contributed by atoms with E-state index in [-0.39, 0.29) is 24.4 Å². The number of likely N-dealkylation sites (tertiary alicyclic amines) is 1. The fourth-order valence-corrected chi connectivity index (χ4v) is 5.25. The average Bonchev–Trinajstić information content (AvgIpc) is 3.58. The number of imidazole rings is 1. The van der Waals surface area contributed by atoms with E-state index in [1.165, 1.54) is 7.11 Å². The van der Waals surface area contributed by atoms with Crippen LogP contribution >= 0.6 is 23.4 Å². The van der Waals surface area contributed by atoms with E-state index in [0.29, 0.717) is 43.9 Å². The van der Waals surface area contributed by atoms with Gasteiger partial charge in [-0.05, 0) is 49.3 Å². The van der Waals surface area contributed by atoms with Gasteiger partial charge in [-0.3, -0.25) is 14.5 Å². The first-order valence-corrected chi connectivity index (χ1v) is 14.3. The smallest absolute Gasteiger partial charge is 0.328 e. The number of rotatable bonds is 14. The lowest BCUT2D eigenvalue weighted by molar-refractivity contribution is -0.145. The number of thioether (sulfide) groups is 1. The van der Waals surface area contributed by atoms with Crippen LogP contribution in [-0.2, 0) is 32.1 Å². The van der Waals surface area contributed by atoms with E-state index in [0.717, 1.165) is 29.9 Å². The van der Waals surface area contributed by atoms with Crippen molar-refractivity contribution in [2.75, 3.05) is 38.8 Å². The predicted octanol–water partition coefficient (Wildman–Crippen LogP) is 2.90. The second-order valence-corrected chi connectivity index (χ2v) is 10.5. The molecule has 9 nitrogen and oxygen atoms in total. The molecule has 2 heterocycles. The van der Waals surface area contributed by atoms with Crippen molar-refractivity contribution in [3.8, 4) is 0 Å². The molecule has 1 aliphatic heterocycles. The minimum absolute atomic E-state index is 0.00475. The predicted molar refractivity (Wildman–Crippen MR) is 145 cm³/mol. The minimum Gasteiger partial charge on any atom is -0.467 e. The Hall–Kier alpha value is -2.56. The lowest BCUT2D eigenvalue weighted by Gasteiger charge is -2.31.